The summed E-state index contributed by atoms with van der Waals surface area (Å²) in [5.41, 5.74) is 0. The lowest BCUT2D eigenvalue weighted by Crippen LogP contribution is -2.43. The van der Waals surface area contributed by atoms with E-state index in [0.29, 0.717) is 12.2 Å². The minimum absolute atomic E-state index is 0.380. The molecule has 0 radical (unpaired) electrons. The van der Waals surface area contributed by atoms with Crippen LogP contribution >= 0.6 is 0 Å². The third-order valence-corrected chi connectivity index (χ3v) is 2.37. The number of likely N-dealkylation sites (tertiary alicyclic amines) is 1. The minimum atomic E-state index is 0.380. The van der Waals surface area contributed by atoms with E-state index in [1.165, 1.54) is 25.9 Å². The van der Waals surface area contributed by atoms with E-state index in [0.717, 1.165) is 11.2 Å². The smallest absolute Gasteiger partial charge is 0.183 e. The van der Waals surface area contributed by atoms with Gasteiger partial charge in [-0.15, -0.1) is 0 Å². The standard InChI is InChI=1S/C9H20NO.CNO/c1-9(2)11-8-10(3)6-4-5-7-10;2-1-3/h9H,4-8H2,1-3H3;/q+1;-1. The molecule has 1 fully saturated rings. The van der Waals surface area contributed by atoms with Crippen LogP contribution in [0.4, 0.5) is 0 Å². The second-order valence-corrected chi connectivity index (χ2v) is 4.21. The van der Waals surface area contributed by atoms with Gasteiger partial charge in [0.2, 0.25) is 0 Å². The van der Waals surface area contributed by atoms with Gasteiger partial charge in [0.05, 0.1) is 26.2 Å². The van der Waals surface area contributed by atoms with Crippen molar-refractivity contribution < 1.29 is 14.0 Å². The Morgan fingerprint density at radius 3 is 2.21 bits per heavy atom. The van der Waals surface area contributed by atoms with Crippen molar-refractivity contribution in [1.29, 1.82) is 0 Å². The third kappa shape index (κ3) is 5.86. The van der Waals surface area contributed by atoms with E-state index < -0.39 is 0 Å². The van der Waals surface area contributed by atoms with Gasteiger partial charge in [0.1, 0.15) is 0 Å². The summed E-state index contributed by atoms with van der Waals surface area (Å²) in [6, 6.07) is 0. The Bertz CT molecular complexity index is 181. The number of rotatable bonds is 3. The zero-order valence-corrected chi connectivity index (χ0v) is 9.32. The number of isocyanates is 1. The van der Waals surface area contributed by atoms with Gasteiger partial charge in [0.15, 0.2) is 6.73 Å². The Morgan fingerprint density at radius 1 is 1.43 bits per heavy atom. The summed E-state index contributed by atoms with van der Waals surface area (Å²) in [5, 5.41) is 6.76. The molecule has 1 saturated heterocycles. The van der Waals surface area contributed by atoms with E-state index in [9.17, 15) is 0 Å². The van der Waals surface area contributed by atoms with Crippen molar-refractivity contribution in [2.45, 2.75) is 32.8 Å². The first-order valence-corrected chi connectivity index (χ1v) is 5.00. The van der Waals surface area contributed by atoms with E-state index in [4.69, 9.17) is 14.9 Å². The molecule has 1 aliphatic rings. The first kappa shape index (κ1) is 13.3. The highest BCUT2D eigenvalue weighted by molar-refractivity contribution is 5.36. The Hall–Kier alpha value is -0.700. The summed E-state index contributed by atoms with van der Waals surface area (Å²) < 4.78 is 6.72. The van der Waals surface area contributed by atoms with Crippen molar-refractivity contribution >= 4 is 6.08 Å². The number of ether oxygens (including phenoxy) is 1. The molecule has 4 nitrogen and oxygen atoms in total. The van der Waals surface area contributed by atoms with Crippen LogP contribution in [0, 0.1) is 0 Å². The third-order valence-electron chi connectivity index (χ3n) is 2.37. The maximum atomic E-state index is 8.24. The summed E-state index contributed by atoms with van der Waals surface area (Å²) in [5.74, 6) is 0. The van der Waals surface area contributed by atoms with E-state index >= 15 is 0 Å². The highest BCUT2D eigenvalue weighted by Crippen LogP contribution is 2.16. The number of quaternary nitrogens is 1. The molecule has 0 amide bonds. The predicted octanol–water partition coefficient (Wildman–Crippen LogP) is 1.50. The molecule has 1 heterocycles. The van der Waals surface area contributed by atoms with Crippen LogP contribution in [0.25, 0.3) is 5.41 Å². The Kier molecular flexibility index (Phi) is 6.37. The lowest BCUT2D eigenvalue weighted by Gasteiger charge is -2.29. The van der Waals surface area contributed by atoms with Gasteiger partial charge >= 0.3 is 0 Å². The Balaban J connectivity index is 0.000000500. The average molecular weight is 200 g/mol. The van der Waals surface area contributed by atoms with Crippen LogP contribution in [0.1, 0.15) is 26.7 Å². The predicted molar refractivity (Wildman–Crippen MR) is 55.3 cm³/mol. The zero-order chi connectivity index (χ0) is 11.0. The molecule has 82 valence electrons. The first-order chi connectivity index (χ1) is 6.54. The van der Waals surface area contributed by atoms with Crippen LogP contribution in [0.2, 0.25) is 0 Å². The molecule has 1 aliphatic heterocycles. The molecule has 14 heavy (non-hydrogen) atoms. The van der Waals surface area contributed by atoms with Gasteiger partial charge in [-0.05, 0) is 19.9 Å². The molecule has 1 rings (SSSR count). The monoisotopic (exact) mass is 200 g/mol. The molecule has 0 atom stereocenters. The molecule has 0 aromatic carbocycles. The summed E-state index contributed by atoms with van der Waals surface area (Å²) in [6.45, 7) is 7.70. The first-order valence-electron chi connectivity index (χ1n) is 5.00. The fraction of sp³-hybridized carbons (Fsp3) is 0.900. The van der Waals surface area contributed by atoms with Gasteiger partial charge < -0.3 is 14.6 Å². The summed E-state index contributed by atoms with van der Waals surface area (Å²) in [4.78, 5) is 8.24. The van der Waals surface area contributed by atoms with E-state index in [1.807, 2.05) is 0 Å². The molecule has 0 N–H and O–H groups in total. The van der Waals surface area contributed by atoms with E-state index in [2.05, 4.69) is 20.9 Å². The van der Waals surface area contributed by atoms with Crippen molar-refractivity contribution in [2.75, 3.05) is 26.9 Å². The number of carbonyl (C=O) groups excluding carboxylic acids is 1. The van der Waals surface area contributed by atoms with Gasteiger partial charge in [-0.2, -0.15) is 0 Å². The molecule has 0 aromatic heterocycles. The second kappa shape index (κ2) is 6.71. The molecule has 0 spiro atoms. The van der Waals surface area contributed by atoms with Crippen LogP contribution in [0.15, 0.2) is 0 Å². The van der Waals surface area contributed by atoms with Gasteiger partial charge in [-0.25, -0.2) is 0 Å². The highest BCUT2D eigenvalue weighted by atomic mass is 16.5. The van der Waals surface area contributed by atoms with E-state index in [-0.39, 0.29) is 0 Å². The van der Waals surface area contributed by atoms with Crippen LogP contribution in [0.5, 0.6) is 0 Å². The van der Waals surface area contributed by atoms with Crippen LogP contribution in [-0.2, 0) is 9.53 Å². The Morgan fingerprint density at radius 2 is 1.86 bits per heavy atom. The molecule has 0 aliphatic carbocycles. The average Bonchev–Trinajstić information content (AvgIpc) is 2.51. The quantitative estimate of drug-likeness (QED) is 0.394. The van der Waals surface area contributed by atoms with Crippen molar-refractivity contribution in [1.82, 2.24) is 0 Å². The molecule has 0 unspecified atom stereocenters. The number of nitrogens with zero attached hydrogens (tertiary/aromatic N) is 2. The number of hydrogen-bond donors (Lipinski definition) is 0. The Labute approximate surface area is 86.0 Å². The minimum Gasteiger partial charge on any atom is -0.724 e. The lowest BCUT2D eigenvalue weighted by atomic mass is 10.4. The summed E-state index contributed by atoms with van der Waals surface area (Å²) in [7, 11) is 2.29. The SMILES string of the molecule is CC(C)OC[N+]1(C)CCCC1.[N-]=C=O. The highest BCUT2D eigenvalue weighted by Gasteiger charge is 2.26. The molecule has 4 heteroatoms. The largest absolute Gasteiger partial charge is 0.724 e. The van der Waals surface area contributed by atoms with Gasteiger partial charge in [0, 0.05) is 12.8 Å². The van der Waals surface area contributed by atoms with Gasteiger partial charge in [0.25, 0.3) is 0 Å². The topological polar surface area (TPSA) is 48.6 Å². The van der Waals surface area contributed by atoms with Crippen molar-refractivity contribution in [2.24, 2.45) is 0 Å². The van der Waals surface area contributed by atoms with Crippen LogP contribution in [0.3, 0.4) is 0 Å². The fourth-order valence-electron chi connectivity index (χ4n) is 1.56. The zero-order valence-electron chi connectivity index (χ0n) is 9.32. The molecular weight excluding hydrogens is 180 g/mol. The van der Waals surface area contributed by atoms with E-state index in [1.54, 1.807) is 0 Å². The maximum Gasteiger partial charge on any atom is 0.183 e. The van der Waals surface area contributed by atoms with Gasteiger partial charge in [-0.1, -0.05) is 0 Å². The molecular formula is C10H20N2O2. The van der Waals surface area contributed by atoms with Crippen LogP contribution < -0.4 is 0 Å². The molecule has 0 saturated carbocycles. The van der Waals surface area contributed by atoms with Crippen molar-refractivity contribution in [3.63, 3.8) is 0 Å². The lowest BCUT2D eigenvalue weighted by molar-refractivity contribution is -0.917. The summed E-state index contributed by atoms with van der Waals surface area (Å²) in [6.07, 6.45) is 3.63. The normalized spacial score (nSPS) is 18.6. The van der Waals surface area contributed by atoms with Crippen LogP contribution in [-0.4, -0.2) is 43.5 Å². The fourth-order valence-corrected chi connectivity index (χ4v) is 1.56. The molecule has 0 bridgehead atoms. The summed E-state index contributed by atoms with van der Waals surface area (Å²) >= 11 is 0. The van der Waals surface area contributed by atoms with Crippen molar-refractivity contribution in [3.05, 3.63) is 5.41 Å². The van der Waals surface area contributed by atoms with Gasteiger partial charge in [-0.3, -0.25) is 4.79 Å². The maximum absolute atomic E-state index is 8.24. The molecule has 0 aromatic rings. The second-order valence-electron chi connectivity index (χ2n) is 4.21. The number of hydrogen-bond acceptors (Lipinski definition) is 2. The van der Waals surface area contributed by atoms with Crippen molar-refractivity contribution in [3.8, 4) is 0 Å².